The lowest BCUT2D eigenvalue weighted by Crippen LogP contribution is -2.60. The van der Waals surface area contributed by atoms with Crippen molar-refractivity contribution < 1.29 is 42.8 Å². The van der Waals surface area contributed by atoms with Crippen molar-refractivity contribution >= 4 is 5.97 Å². The van der Waals surface area contributed by atoms with Crippen LogP contribution in [0.25, 0.3) is 0 Å². The number of hydrogen-bond acceptors (Lipinski definition) is 6. The molecule has 1 unspecified atom stereocenters. The van der Waals surface area contributed by atoms with Crippen molar-refractivity contribution in [1.29, 1.82) is 0 Å². The van der Waals surface area contributed by atoms with Crippen LogP contribution in [0.3, 0.4) is 0 Å². The van der Waals surface area contributed by atoms with Crippen molar-refractivity contribution in [2.45, 2.75) is 30.3 Å². The van der Waals surface area contributed by atoms with Gasteiger partial charge in [-0.3, -0.25) is 0 Å². The summed E-state index contributed by atoms with van der Waals surface area (Å²) in [5.41, 5.74) is -3.64. The summed E-state index contributed by atoms with van der Waals surface area (Å²) < 4.78 is 47.9. The molecule has 0 radical (unpaired) electrons. The average molecular weight is 322 g/mol. The molecule has 0 amide bonds. The van der Waals surface area contributed by atoms with E-state index < -0.39 is 42.9 Å². The second-order valence-electron chi connectivity index (χ2n) is 4.75. The fourth-order valence-corrected chi connectivity index (χ4v) is 2.08. The van der Waals surface area contributed by atoms with Gasteiger partial charge in [0.05, 0.1) is 5.56 Å². The molecule has 1 heterocycles. The maximum absolute atomic E-state index is 12.9. The van der Waals surface area contributed by atoms with Crippen LogP contribution in [-0.2, 0) is 9.47 Å². The minimum atomic E-state index is -5.28. The number of alkyl halides is 3. The molecule has 6 nitrogen and oxygen atoms in total. The van der Waals surface area contributed by atoms with E-state index in [-0.39, 0.29) is 5.56 Å². The van der Waals surface area contributed by atoms with Crippen LogP contribution in [0.1, 0.15) is 10.4 Å². The van der Waals surface area contributed by atoms with E-state index >= 15 is 0 Å². The third-order valence-electron chi connectivity index (χ3n) is 3.34. The molecule has 3 N–H and O–H groups in total. The zero-order valence-corrected chi connectivity index (χ0v) is 11.0. The Morgan fingerprint density at radius 2 is 1.86 bits per heavy atom. The quantitative estimate of drug-likeness (QED) is 0.689. The van der Waals surface area contributed by atoms with Gasteiger partial charge >= 0.3 is 12.1 Å². The van der Waals surface area contributed by atoms with Crippen molar-refractivity contribution in [3.05, 3.63) is 35.9 Å². The summed E-state index contributed by atoms with van der Waals surface area (Å²) in [7, 11) is 0. The van der Waals surface area contributed by atoms with Crippen LogP contribution in [-0.4, -0.2) is 58.2 Å². The van der Waals surface area contributed by atoms with E-state index in [1.54, 1.807) is 6.07 Å². The van der Waals surface area contributed by atoms with Crippen LogP contribution in [0.2, 0.25) is 0 Å². The largest absolute Gasteiger partial charge is 0.459 e. The molecule has 0 aromatic heterocycles. The number of esters is 1. The molecule has 1 aromatic rings. The van der Waals surface area contributed by atoms with Gasteiger partial charge in [0.15, 0.2) is 6.29 Å². The number of ether oxygens (including phenoxy) is 2. The van der Waals surface area contributed by atoms with E-state index in [9.17, 15) is 33.3 Å². The number of rotatable bonds is 3. The van der Waals surface area contributed by atoms with Crippen LogP contribution >= 0.6 is 0 Å². The minimum absolute atomic E-state index is 0.0946. The lowest BCUT2D eigenvalue weighted by molar-refractivity contribution is -0.296. The summed E-state index contributed by atoms with van der Waals surface area (Å²) in [6.07, 6.45) is -12.3. The summed E-state index contributed by atoms with van der Waals surface area (Å²) in [5.74, 6) is -0.926. The van der Waals surface area contributed by atoms with Crippen LogP contribution in [0.4, 0.5) is 13.2 Å². The smallest absolute Gasteiger partial charge is 0.422 e. The molecule has 1 fully saturated rings. The highest BCUT2D eigenvalue weighted by atomic mass is 19.4. The molecular formula is C13H13F3O6. The summed E-state index contributed by atoms with van der Waals surface area (Å²) >= 11 is 0. The molecule has 0 aliphatic carbocycles. The predicted molar refractivity (Wildman–Crippen MR) is 64.6 cm³/mol. The first kappa shape index (κ1) is 16.7. The number of benzene rings is 1. The summed E-state index contributed by atoms with van der Waals surface area (Å²) in [5, 5.41) is 28.2. The Bertz CT molecular complexity index is 534. The second-order valence-corrected chi connectivity index (χ2v) is 4.75. The molecule has 0 saturated carbocycles. The van der Waals surface area contributed by atoms with Crippen LogP contribution in [0.5, 0.6) is 0 Å². The molecule has 0 spiro atoms. The number of aliphatic hydroxyl groups excluding tert-OH is 2. The van der Waals surface area contributed by atoms with Gasteiger partial charge in [0, 0.05) is 0 Å². The van der Waals surface area contributed by atoms with E-state index in [4.69, 9.17) is 0 Å². The van der Waals surface area contributed by atoms with Gasteiger partial charge in [0.25, 0.3) is 0 Å². The van der Waals surface area contributed by atoms with Crippen LogP contribution in [0.15, 0.2) is 30.3 Å². The Balaban J connectivity index is 2.10. The third kappa shape index (κ3) is 2.80. The first-order valence-corrected chi connectivity index (χ1v) is 6.20. The maximum Gasteiger partial charge on any atom is 0.422 e. The standard InChI is InChI=1S/C13H13F3O6/c14-13(15,16)12(20)8(22-11(19)9(12)17)6-21-10(18)7-4-2-1-3-5-7/h1-5,8-9,11,17,19-20H,6H2/t8-,9+,11?,12+/m1/s1. The molecule has 122 valence electrons. The van der Waals surface area contributed by atoms with E-state index in [2.05, 4.69) is 9.47 Å². The SMILES string of the molecule is O=C(OC[C@H]1OC(O)[C@H](O)[C@]1(O)C(F)(F)F)c1ccccc1. The van der Waals surface area contributed by atoms with Crippen molar-refractivity contribution in [1.82, 2.24) is 0 Å². The van der Waals surface area contributed by atoms with E-state index in [1.807, 2.05) is 0 Å². The summed E-state index contributed by atoms with van der Waals surface area (Å²) in [6, 6.07) is 7.46. The highest BCUT2D eigenvalue weighted by Gasteiger charge is 2.70. The number of halogens is 3. The number of hydrogen-bond donors (Lipinski definition) is 3. The van der Waals surface area contributed by atoms with Crippen molar-refractivity contribution in [3.8, 4) is 0 Å². The fraction of sp³-hybridized carbons (Fsp3) is 0.462. The first-order chi connectivity index (χ1) is 10.2. The van der Waals surface area contributed by atoms with Gasteiger partial charge in [-0.1, -0.05) is 18.2 Å². The number of carbonyl (C=O) groups is 1. The predicted octanol–water partition coefficient (Wildman–Crippen LogP) is 0.215. The Morgan fingerprint density at radius 3 is 2.41 bits per heavy atom. The molecular weight excluding hydrogens is 309 g/mol. The van der Waals surface area contributed by atoms with Gasteiger partial charge in [-0.15, -0.1) is 0 Å². The first-order valence-electron chi connectivity index (χ1n) is 6.20. The molecule has 4 atom stereocenters. The zero-order valence-electron chi connectivity index (χ0n) is 11.0. The van der Waals surface area contributed by atoms with E-state index in [1.165, 1.54) is 24.3 Å². The van der Waals surface area contributed by atoms with E-state index in [0.717, 1.165) is 0 Å². The van der Waals surface area contributed by atoms with Gasteiger partial charge in [-0.2, -0.15) is 13.2 Å². The number of carbonyl (C=O) groups excluding carboxylic acids is 1. The molecule has 0 bridgehead atoms. The molecule has 2 rings (SSSR count). The maximum atomic E-state index is 12.9. The topological polar surface area (TPSA) is 96.2 Å². The highest BCUT2D eigenvalue weighted by Crippen LogP contribution is 2.43. The Hall–Kier alpha value is -1.68. The van der Waals surface area contributed by atoms with E-state index in [0.29, 0.717) is 0 Å². The molecule has 1 saturated heterocycles. The van der Waals surface area contributed by atoms with Crippen LogP contribution < -0.4 is 0 Å². The Morgan fingerprint density at radius 1 is 1.27 bits per heavy atom. The average Bonchev–Trinajstić information content (AvgIpc) is 2.70. The lowest BCUT2D eigenvalue weighted by atomic mass is 9.92. The molecule has 22 heavy (non-hydrogen) atoms. The van der Waals surface area contributed by atoms with Crippen molar-refractivity contribution in [2.24, 2.45) is 0 Å². The Labute approximate surface area is 122 Å². The highest BCUT2D eigenvalue weighted by molar-refractivity contribution is 5.89. The normalized spacial score (nSPS) is 32.0. The monoisotopic (exact) mass is 322 g/mol. The summed E-state index contributed by atoms with van der Waals surface area (Å²) in [4.78, 5) is 11.7. The van der Waals surface area contributed by atoms with Gasteiger partial charge in [0.1, 0.15) is 18.8 Å². The van der Waals surface area contributed by atoms with Crippen molar-refractivity contribution in [3.63, 3.8) is 0 Å². The van der Waals surface area contributed by atoms with Gasteiger partial charge in [-0.25, -0.2) is 4.79 Å². The summed E-state index contributed by atoms with van der Waals surface area (Å²) in [6.45, 7) is -0.988. The molecule has 1 aliphatic rings. The minimum Gasteiger partial charge on any atom is -0.459 e. The zero-order chi connectivity index (χ0) is 16.5. The van der Waals surface area contributed by atoms with Gasteiger partial charge < -0.3 is 24.8 Å². The Kier molecular flexibility index (Phi) is 4.43. The third-order valence-corrected chi connectivity index (χ3v) is 3.34. The number of aliphatic hydroxyl groups is 3. The lowest BCUT2D eigenvalue weighted by Gasteiger charge is -2.32. The fourth-order valence-electron chi connectivity index (χ4n) is 2.08. The molecule has 1 aliphatic heterocycles. The molecule has 1 aromatic carbocycles. The second kappa shape index (κ2) is 5.84. The van der Waals surface area contributed by atoms with Crippen LogP contribution in [0, 0.1) is 0 Å². The van der Waals surface area contributed by atoms with Gasteiger partial charge in [0.2, 0.25) is 5.60 Å². The molecule has 9 heteroatoms. The van der Waals surface area contributed by atoms with Crippen molar-refractivity contribution in [2.75, 3.05) is 6.61 Å². The van der Waals surface area contributed by atoms with Gasteiger partial charge in [-0.05, 0) is 12.1 Å².